The molecule has 0 fully saturated rings. The van der Waals surface area contributed by atoms with Crippen molar-refractivity contribution in [1.82, 2.24) is 4.72 Å². The molecule has 0 aliphatic carbocycles. The number of benzene rings is 2. The molecule has 7 heteroatoms. The van der Waals surface area contributed by atoms with Crippen LogP contribution in [0.25, 0.3) is 0 Å². The van der Waals surface area contributed by atoms with Gasteiger partial charge < -0.3 is 4.90 Å². The molecule has 0 aromatic heterocycles. The lowest BCUT2D eigenvalue weighted by Crippen LogP contribution is -2.38. The third kappa shape index (κ3) is 4.68. The Morgan fingerprint density at radius 3 is 2.35 bits per heavy atom. The molecule has 2 aromatic rings. The van der Waals surface area contributed by atoms with Crippen LogP contribution in [-0.2, 0) is 14.8 Å². The summed E-state index contributed by atoms with van der Waals surface area (Å²) in [6, 6.07) is 9.36. The maximum atomic E-state index is 13.3. The Hall–Kier alpha value is -2.25. The molecule has 0 atom stereocenters. The summed E-state index contributed by atoms with van der Waals surface area (Å²) < 4.78 is 40.5. The SMILES string of the molecule is CC(=O)N(CCNS(=O)(=O)c1ccc(F)c(C)c1)c1ccc(C)cc1C. The van der Waals surface area contributed by atoms with E-state index in [9.17, 15) is 17.6 Å². The van der Waals surface area contributed by atoms with Crippen molar-refractivity contribution in [3.8, 4) is 0 Å². The lowest BCUT2D eigenvalue weighted by Gasteiger charge is -2.23. The predicted octanol–water partition coefficient (Wildman–Crippen LogP) is 3.08. The smallest absolute Gasteiger partial charge is 0.240 e. The highest BCUT2D eigenvalue weighted by Gasteiger charge is 2.18. The molecule has 0 saturated heterocycles. The zero-order valence-corrected chi connectivity index (χ0v) is 16.2. The third-order valence-electron chi connectivity index (χ3n) is 4.09. The normalized spacial score (nSPS) is 11.4. The second kappa shape index (κ2) is 7.97. The Morgan fingerprint density at radius 1 is 1.08 bits per heavy atom. The number of rotatable bonds is 6. The Labute approximate surface area is 153 Å². The van der Waals surface area contributed by atoms with E-state index in [0.717, 1.165) is 22.9 Å². The van der Waals surface area contributed by atoms with Crippen molar-refractivity contribution in [2.24, 2.45) is 0 Å². The van der Waals surface area contributed by atoms with Crippen molar-refractivity contribution in [2.75, 3.05) is 18.0 Å². The van der Waals surface area contributed by atoms with E-state index < -0.39 is 15.8 Å². The second-order valence-corrected chi connectivity index (χ2v) is 8.04. The Bertz CT molecular complexity index is 926. The highest BCUT2D eigenvalue weighted by atomic mass is 32.2. The van der Waals surface area contributed by atoms with E-state index in [0.29, 0.717) is 0 Å². The third-order valence-corrected chi connectivity index (χ3v) is 5.55. The summed E-state index contributed by atoms with van der Waals surface area (Å²) >= 11 is 0. The maximum Gasteiger partial charge on any atom is 0.240 e. The number of aryl methyl sites for hydroxylation is 3. The van der Waals surface area contributed by atoms with Crippen molar-refractivity contribution < 1.29 is 17.6 Å². The summed E-state index contributed by atoms with van der Waals surface area (Å²) in [5.41, 5.74) is 3.03. The number of halogens is 1. The maximum absolute atomic E-state index is 13.3. The summed E-state index contributed by atoms with van der Waals surface area (Å²) in [4.78, 5) is 13.5. The summed E-state index contributed by atoms with van der Waals surface area (Å²) in [5.74, 6) is -0.629. The van der Waals surface area contributed by atoms with Gasteiger partial charge in [-0.3, -0.25) is 4.79 Å². The number of hydrogen-bond acceptors (Lipinski definition) is 3. The van der Waals surface area contributed by atoms with Gasteiger partial charge in [0.25, 0.3) is 0 Å². The molecule has 1 amide bonds. The molecule has 0 radical (unpaired) electrons. The lowest BCUT2D eigenvalue weighted by molar-refractivity contribution is -0.116. The average Bonchev–Trinajstić information content (AvgIpc) is 2.54. The van der Waals surface area contributed by atoms with Gasteiger partial charge in [-0.25, -0.2) is 17.5 Å². The molecular formula is C19H23FN2O3S. The molecule has 0 aliphatic heterocycles. The van der Waals surface area contributed by atoms with Gasteiger partial charge in [0.15, 0.2) is 0 Å². The molecule has 5 nitrogen and oxygen atoms in total. The van der Waals surface area contributed by atoms with E-state index >= 15 is 0 Å². The van der Waals surface area contributed by atoms with E-state index in [4.69, 9.17) is 0 Å². The molecular weight excluding hydrogens is 355 g/mol. The van der Waals surface area contributed by atoms with Crippen LogP contribution in [0.15, 0.2) is 41.3 Å². The number of anilines is 1. The summed E-state index contributed by atoms with van der Waals surface area (Å²) in [6.07, 6.45) is 0. The number of carbonyl (C=O) groups excluding carboxylic acids is 1. The Balaban J connectivity index is 2.12. The van der Waals surface area contributed by atoms with Gasteiger partial charge in [-0.1, -0.05) is 17.7 Å². The number of carbonyl (C=O) groups is 1. The highest BCUT2D eigenvalue weighted by Crippen LogP contribution is 2.21. The molecule has 0 saturated carbocycles. The standard InChI is InChI=1S/C19H23FN2O3S/c1-13-5-8-19(15(3)11-13)22(16(4)23)10-9-21-26(24,25)17-6-7-18(20)14(2)12-17/h5-8,11-12,21H,9-10H2,1-4H3. The molecule has 0 aliphatic rings. The van der Waals surface area contributed by atoms with Crippen molar-refractivity contribution in [3.05, 3.63) is 58.9 Å². The van der Waals surface area contributed by atoms with Crippen LogP contribution in [0.1, 0.15) is 23.6 Å². The molecule has 0 unspecified atom stereocenters. The first-order valence-corrected chi connectivity index (χ1v) is 9.71. The summed E-state index contributed by atoms with van der Waals surface area (Å²) in [7, 11) is -3.77. The van der Waals surface area contributed by atoms with Crippen LogP contribution in [0.5, 0.6) is 0 Å². The van der Waals surface area contributed by atoms with Crippen LogP contribution >= 0.6 is 0 Å². The van der Waals surface area contributed by atoms with Gasteiger partial charge in [-0.05, 0) is 56.2 Å². The summed E-state index contributed by atoms with van der Waals surface area (Å²) in [6.45, 7) is 7.06. The van der Waals surface area contributed by atoms with Gasteiger partial charge in [-0.2, -0.15) is 0 Å². The molecule has 0 bridgehead atoms. The van der Waals surface area contributed by atoms with Gasteiger partial charge in [0.2, 0.25) is 15.9 Å². The van der Waals surface area contributed by atoms with Crippen LogP contribution in [0.3, 0.4) is 0 Å². The minimum atomic E-state index is -3.77. The van der Waals surface area contributed by atoms with E-state index in [2.05, 4.69) is 4.72 Å². The van der Waals surface area contributed by atoms with E-state index in [-0.39, 0.29) is 29.5 Å². The van der Waals surface area contributed by atoms with Crippen molar-refractivity contribution in [3.63, 3.8) is 0 Å². The van der Waals surface area contributed by atoms with Crippen molar-refractivity contribution >= 4 is 21.6 Å². The zero-order valence-electron chi connectivity index (χ0n) is 15.3. The van der Waals surface area contributed by atoms with E-state index in [1.165, 1.54) is 30.9 Å². The van der Waals surface area contributed by atoms with Gasteiger partial charge in [0.1, 0.15) is 5.82 Å². The average molecular weight is 378 g/mol. The molecule has 1 N–H and O–H groups in total. The van der Waals surface area contributed by atoms with E-state index in [1.807, 2.05) is 32.0 Å². The number of hydrogen-bond donors (Lipinski definition) is 1. The number of amides is 1. The van der Waals surface area contributed by atoms with Crippen molar-refractivity contribution in [1.29, 1.82) is 0 Å². The minimum absolute atomic E-state index is 0.00251. The number of sulfonamides is 1. The lowest BCUT2D eigenvalue weighted by atomic mass is 10.1. The molecule has 2 rings (SSSR count). The topological polar surface area (TPSA) is 66.5 Å². The Morgan fingerprint density at radius 2 is 1.77 bits per heavy atom. The highest BCUT2D eigenvalue weighted by molar-refractivity contribution is 7.89. The molecule has 0 heterocycles. The van der Waals surface area contributed by atoms with Crippen LogP contribution in [-0.4, -0.2) is 27.4 Å². The predicted molar refractivity (Wildman–Crippen MR) is 100 cm³/mol. The van der Waals surface area contributed by atoms with Crippen LogP contribution in [0.2, 0.25) is 0 Å². The van der Waals surface area contributed by atoms with Crippen LogP contribution in [0.4, 0.5) is 10.1 Å². The zero-order chi connectivity index (χ0) is 19.5. The molecule has 140 valence electrons. The first-order chi connectivity index (χ1) is 12.1. The first-order valence-electron chi connectivity index (χ1n) is 8.23. The van der Waals surface area contributed by atoms with Crippen molar-refractivity contribution in [2.45, 2.75) is 32.6 Å². The van der Waals surface area contributed by atoms with Crippen LogP contribution < -0.4 is 9.62 Å². The molecule has 2 aromatic carbocycles. The quantitative estimate of drug-likeness (QED) is 0.840. The molecule has 26 heavy (non-hydrogen) atoms. The fourth-order valence-corrected chi connectivity index (χ4v) is 3.82. The van der Waals surface area contributed by atoms with Crippen LogP contribution in [0, 0.1) is 26.6 Å². The minimum Gasteiger partial charge on any atom is -0.311 e. The monoisotopic (exact) mass is 378 g/mol. The van der Waals surface area contributed by atoms with Gasteiger partial charge in [-0.15, -0.1) is 0 Å². The fraction of sp³-hybridized carbons (Fsp3) is 0.316. The largest absolute Gasteiger partial charge is 0.311 e. The number of nitrogens with zero attached hydrogens (tertiary/aromatic N) is 1. The summed E-state index contributed by atoms with van der Waals surface area (Å²) in [5, 5.41) is 0. The fourth-order valence-electron chi connectivity index (χ4n) is 2.72. The Kier molecular flexibility index (Phi) is 6.15. The molecule has 0 spiro atoms. The second-order valence-electron chi connectivity index (χ2n) is 6.27. The number of nitrogens with one attached hydrogen (secondary N) is 1. The van der Waals surface area contributed by atoms with E-state index in [1.54, 1.807) is 0 Å². The first kappa shape index (κ1) is 20.1. The van der Waals surface area contributed by atoms with Gasteiger partial charge >= 0.3 is 0 Å². The van der Waals surface area contributed by atoms with Gasteiger partial charge in [0, 0.05) is 25.7 Å². The van der Waals surface area contributed by atoms with Gasteiger partial charge in [0.05, 0.1) is 4.90 Å².